The molecular formula is C17H24N6O. The molecule has 3 N–H and O–H groups in total. The zero-order valence-corrected chi connectivity index (χ0v) is 13.8. The third kappa shape index (κ3) is 3.01. The summed E-state index contributed by atoms with van der Waals surface area (Å²) in [6.45, 7) is 3.63. The lowest BCUT2D eigenvalue weighted by Gasteiger charge is -2.35. The Balaban J connectivity index is 1.40. The summed E-state index contributed by atoms with van der Waals surface area (Å²) in [6, 6.07) is 4.42. The van der Waals surface area contributed by atoms with Crippen LogP contribution in [-0.2, 0) is 11.3 Å². The molecule has 2 fully saturated rings. The van der Waals surface area contributed by atoms with E-state index in [4.69, 9.17) is 0 Å². The Morgan fingerprint density at radius 3 is 3.08 bits per heavy atom. The highest BCUT2D eigenvalue weighted by atomic mass is 16.2. The van der Waals surface area contributed by atoms with Crippen molar-refractivity contribution in [3.63, 3.8) is 0 Å². The molecule has 4 rings (SSSR count). The first-order valence-corrected chi connectivity index (χ1v) is 8.85. The summed E-state index contributed by atoms with van der Waals surface area (Å²) in [6.07, 6.45) is 6.07. The molecule has 4 heterocycles. The standard InChI is InChI=1S/C17H24N6O/c24-17(15-4-2-10-23(15)12-5-8-18-9-6-12)20-11-14-13-3-1-7-19-16(13)22-21-14/h1,3,7,12,15,18H,2,4-6,8-11H2,(H,20,24)(H,19,21,22)/t15-/m0/s1. The van der Waals surface area contributed by atoms with Crippen LogP contribution in [-0.4, -0.2) is 57.7 Å². The monoisotopic (exact) mass is 328 g/mol. The van der Waals surface area contributed by atoms with Gasteiger partial charge in [0.15, 0.2) is 5.65 Å². The minimum Gasteiger partial charge on any atom is -0.349 e. The third-order valence-corrected chi connectivity index (χ3v) is 5.22. The number of aromatic amines is 1. The van der Waals surface area contributed by atoms with Crippen LogP contribution < -0.4 is 10.6 Å². The minimum absolute atomic E-state index is 0.0143. The van der Waals surface area contributed by atoms with Crippen LogP contribution in [0.1, 0.15) is 31.4 Å². The molecule has 1 amide bonds. The molecule has 0 aliphatic carbocycles. The molecule has 1 atom stereocenters. The summed E-state index contributed by atoms with van der Waals surface area (Å²) >= 11 is 0. The van der Waals surface area contributed by atoms with Gasteiger partial charge in [0.05, 0.1) is 18.3 Å². The van der Waals surface area contributed by atoms with E-state index in [2.05, 4.69) is 30.7 Å². The van der Waals surface area contributed by atoms with E-state index >= 15 is 0 Å². The second-order valence-corrected chi connectivity index (χ2v) is 6.67. The topological polar surface area (TPSA) is 85.9 Å². The van der Waals surface area contributed by atoms with Gasteiger partial charge in [-0.25, -0.2) is 4.98 Å². The van der Waals surface area contributed by atoms with Gasteiger partial charge in [0.1, 0.15) is 0 Å². The van der Waals surface area contributed by atoms with Gasteiger partial charge < -0.3 is 10.6 Å². The Morgan fingerprint density at radius 2 is 2.21 bits per heavy atom. The summed E-state index contributed by atoms with van der Waals surface area (Å²) in [5.74, 6) is 0.137. The number of hydrogen-bond acceptors (Lipinski definition) is 5. The van der Waals surface area contributed by atoms with E-state index in [0.717, 1.165) is 56.4 Å². The molecule has 0 unspecified atom stereocenters. The van der Waals surface area contributed by atoms with Crippen molar-refractivity contribution in [1.82, 2.24) is 30.7 Å². The fourth-order valence-electron chi connectivity index (χ4n) is 3.98. The Kier molecular flexibility index (Phi) is 4.44. The van der Waals surface area contributed by atoms with Crippen LogP contribution in [0.25, 0.3) is 11.0 Å². The second-order valence-electron chi connectivity index (χ2n) is 6.67. The number of aromatic nitrogens is 3. The van der Waals surface area contributed by atoms with Crippen molar-refractivity contribution in [2.75, 3.05) is 19.6 Å². The van der Waals surface area contributed by atoms with Crippen molar-refractivity contribution in [3.8, 4) is 0 Å². The normalized spacial score (nSPS) is 22.9. The van der Waals surface area contributed by atoms with Crippen LogP contribution in [0.3, 0.4) is 0 Å². The molecule has 0 radical (unpaired) electrons. The van der Waals surface area contributed by atoms with Crippen molar-refractivity contribution in [1.29, 1.82) is 0 Å². The van der Waals surface area contributed by atoms with Gasteiger partial charge in [0, 0.05) is 17.6 Å². The number of nitrogens with zero attached hydrogens (tertiary/aromatic N) is 3. The lowest BCUT2D eigenvalue weighted by molar-refractivity contribution is -0.126. The summed E-state index contributed by atoms with van der Waals surface area (Å²) in [4.78, 5) is 19.3. The van der Waals surface area contributed by atoms with Crippen LogP contribution in [0.4, 0.5) is 0 Å². The fraction of sp³-hybridized carbons (Fsp3) is 0.588. The zero-order valence-electron chi connectivity index (χ0n) is 13.8. The Labute approximate surface area is 141 Å². The molecule has 24 heavy (non-hydrogen) atoms. The minimum atomic E-state index is 0.0143. The first-order valence-electron chi connectivity index (χ1n) is 8.85. The number of nitrogens with one attached hydrogen (secondary N) is 3. The Bertz CT molecular complexity index is 708. The van der Waals surface area contributed by atoms with Crippen molar-refractivity contribution in [2.45, 2.75) is 44.3 Å². The van der Waals surface area contributed by atoms with Crippen LogP contribution in [0.15, 0.2) is 18.3 Å². The Hall–Kier alpha value is -1.99. The van der Waals surface area contributed by atoms with Gasteiger partial charge in [-0.15, -0.1) is 0 Å². The number of likely N-dealkylation sites (tertiary alicyclic amines) is 1. The lowest BCUT2D eigenvalue weighted by Crippen LogP contribution is -2.50. The molecule has 0 bridgehead atoms. The molecule has 0 spiro atoms. The highest BCUT2D eigenvalue weighted by molar-refractivity contribution is 5.83. The SMILES string of the molecule is O=C(NCc1[nH]nc2ncccc12)[C@@H]1CCCN1C1CCNCC1. The van der Waals surface area contributed by atoms with Gasteiger partial charge in [-0.2, -0.15) is 5.10 Å². The number of carbonyl (C=O) groups is 1. The smallest absolute Gasteiger partial charge is 0.237 e. The highest BCUT2D eigenvalue weighted by Gasteiger charge is 2.35. The maximum absolute atomic E-state index is 12.7. The fourth-order valence-corrected chi connectivity index (χ4v) is 3.98. The average molecular weight is 328 g/mol. The van der Waals surface area contributed by atoms with E-state index in [-0.39, 0.29) is 11.9 Å². The quantitative estimate of drug-likeness (QED) is 0.773. The molecule has 0 saturated carbocycles. The summed E-state index contributed by atoms with van der Waals surface area (Å²) in [5.41, 5.74) is 1.61. The number of carbonyl (C=O) groups excluding carboxylic acids is 1. The van der Waals surface area contributed by atoms with E-state index < -0.39 is 0 Å². The molecule has 2 saturated heterocycles. The van der Waals surface area contributed by atoms with Crippen molar-refractivity contribution in [2.24, 2.45) is 0 Å². The number of piperidine rings is 1. The molecule has 2 aromatic rings. The first-order chi connectivity index (χ1) is 11.8. The summed E-state index contributed by atoms with van der Waals surface area (Å²) < 4.78 is 0. The molecule has 0 aromatic carbocycles. The number of rotatable bonds is 4. The Morgan fingerprint density at radius 1 is 1.33 bits per heavy atom. The first kappa shape index (κ1) is 15.5. The molecule has 7 nitrogen and oxygen atoms in total. The van der Waals surface area contributed by atoms with Gasteiger partial charge in [0.25, 0.3) is 0 Å². The molecule has 128 valence electrons. The van der Waals surface area contributed by atoms with Crippen LogP contribution in [0, 0.1) is 0 Å². The van der Waals surface area contributed by atoms with Crippen molar-refractivity contribution in [3.05, 3.63) is 24.0 Å². The van der Waals surface area contributed by atoms with Crippen molar-refractivity contribution < 1.29 is 4.79 Å². The highest BCUT2D eigenvalue weighted by Crippen LogP contribution is 2.24. The predicted molar refractivity (Wildman–Crippen MR) is 91.4 cm³/mol. The van der Waals surface area contributed by atoms with Gasteiger partial charge in [-0.05, 0) is 57.5 Å². The molecule has 2 aliphatic rings. The van der Waals surface area contributed by atoms with E-state index in [9.17, 15) is 4.79 Å². The third-order valence-electron chi connectivity index (χ3n) is 5.22. The number of pyridine rings is 1. The molecular weight excluding hydrogens is 304 g/mol. The molecule has 7 heteroatoms. The van der Waals surface area contributed by atoms with Crippen LogP contribution in [0.5, 0.6) is 0 Å². The number of H-pyrrole nitrogens is 1. The van der Waals surface area contributed by atoms with E-state index in [1.165, 1.54) is 0 Å². The van der Waals surface area contributed by atoms with Crippen LogP contribution in [0.2, 0.25) is 0 Å². The van der Waals surface area contributed by atoms with Gasteiger partial charge >= 0.3 is 0 Å². The predicted octanol–water partition coefficient (Wildman–Crippen LogP) is 0.790. The maximum Gasteiger partial charge on any atom is 0.237 e. The number of hydrogen-bond donors (Lipinski definition) is 3. The number of amides is 1. The molecule has 2 aliphatic heterocycles. The van der Waals surface area contributed by atoms with Gasteiger partial charge in [-0.1, -0.05) is 0 Å². The largest absolute Gasteiger partial charge is 0.349 e. The van der Waals surface area contributed by atoms with Crippen molar-refractivity contribution >= 4 is 16.9 Å². The average Bonchev–Trinajstić information content (AvgIpc) is 3.28. The summed E-state index contributed by atoms with van der Waals surface area (Å²) in [5, 5.41) is 14.6. The second kappa shape index (κ2) is 6.86. The van der Waals surface area contributed by atoms with E-state index in [0.29, 0.717) is 18.2 Å². The summed E-state index contributed by atoms with van der Waals surface area (Å²) in [7, 11) is 0. The van der Waals surface area contributed by atoms with E-state index in [1.807, 2.05) is 12.1 Å². The van der Waals surface area contributed by atoms with Gasteiger partial charge in [0.2, 0.25) is 5.91 Å². The van der Waals surface area contributed by atoms with Gasteiger partial charge in [-0.3, -0.25) is 14.8 Å². The lowest BCUT2D eigenvalue weighted by atomic mass is 10.0. The molecule has 2 aromatic heterocycles. The number of fused-ring (bicyclic) bond motifs is 1. The van der Waals surface area contributed by atoms with E-state index in [1.54, 1.807) is 6.20 Å². The maximum atomic E-state index is 12.7. The van der Waals surface area contributed by atoms with Crippen LogP contribution >= 0.6 is 0 Å². The zero-order chi connectivity index (χ0) is 16.4.